The highest BCUT2D eigenvalue weighted by atomic mass is 19.3. The molecule has 1 rings (SSSR count). The zero-order valence-corrected chi connectivity index (χ0v) is 5.17. The van der Waals surface area contributed by atoms with Gasteiger partial charge < -0.3 is 10.3 Å². The van der Waals surface area contributed by atoms with Gasteiger partial charge in [-0.15, -0.1) is 0 Å². The minimum absolute atomic E-state index is 0.125. The van der Waals surface area contributed by atoms with E-state index in [1.54, 1.807) is 0 Å². The summed E-state index contributed by atoms with van der Waals surface area (Å²) in [6.45, 7) is -0.383. The van der Waals surface area contributed by atoms with Gasteiger partial charge in [0.2, 0.25) is 0 Å². The number of nitrogens with zero attached hydrogens (tertiary/aromatic N) is 2. The second kappa shape index (κ2) is 2.64. The van der Waals surface area contributed by atoms with Crippen LogP contribution in [0.2, 0.25) is 0 Å². The molecular weight excluding hydrogens is 140 g/mol. The highest BCUT2D eigenvalue weighted by Crippen LogP contribution is 2.03. The predicted molar refractivity (Wildman–Crippen MR) is 32.6 cm³/mol. The molecule has 1 heterocycles. The summed E-state index contributed by atoms with van der Waals surface area (Å²) in [7, 11) is 0. The molecule has 0 aliphatic rings. The molecule has 0 atom stereocenters. The number of rotatable bonds is 2. The number of halogens is 2. The number of hydrogen-bond acceptors (Lipinski definition) is 2. The van der Waals surface area contributed by atoms with Crippen molar-refractivity contribution in [2.24, 2.45) is 0 Å². The van der Waals surface area contributed by atoms with Crippen molar-refractivity contribution in [1.29, 1.82) is 0 Å². The molecule has 0 saturated carbocycles. The quantitative estimate of drug-likeness (QED) is 0.670. The van der Waals surface area contributed by atoms with Crippen LogP contribution in [0, 0.1) is 0 Å². The van der Waals surface area contributed by atoms with Gasteiger partial charge in [-0.3, -0.25) is 0 Å². The molecule has 0 amide bonds. The van der Waals surface area contributed by atoms with Gasteiger partial charge in [-0.25, -0.2) is 13.8 Å². The Labute approximate surface area is 56.5 Å². The van der Waals surface area contributed by atoms with Crippen molar-refractivity contribution in [3.05, 3.63) is 12.4 Å². The number of alkyl halides is 2. The Balaban J connectivity index is 2.65. The van der Waals surface area contributed by atoms with E-state index in [2.05, 4.69) is 4.98 Å². The van der Waals surface area contributed by atoms with Crippen LogP contribution < -0.4 is 5.73 Å². The molecule has 0 aliphatic carbocycles. The summed E-state index contributed by atoms with van der Waals surface area (Å²) in [5.41, 5.74) is 5.21. The maximum atomic E-state index is 11.7. The Bertz CT molecular complexity index is 208. The Morgan fingerprint density at radius 3 is 2.80 bits per heavy atom. The zero-order chi connectivity index (χ0) is 7.56. The number of anilines is 1. The van der Waals surface area contributed by atoms with E-state index in [-0.39, 0.29) is 12.5 Å². The van der Waals surface area contributed by atoms with Crippen LogP contribution in [0.4, 0.5) is 14.7 Å². The summed E-state index contributed by atoms with van der Waals surface area (Å²) in [6, 6.07) is 0. The highest BCUT2D eigenvalue weighted by molar-refractivity contribution is 5.16. The van der Waals surface area contributed by atoms with E-state index < -0.39 is 6.43 Å². The summed E-state index contributed by atoms with van der Waals surface area (Å²) < 4.78 is 24.5. The first kappa shape index (κ1) is 6.98. The molecule has 0 bridgehead atoms. The van der Waals surface area contributed by atoms with Gasteiger partial charge in [0.1, 0.15) is 0 Å². The first-order valence-corrected chi connectivity index (χ1v) is 2.75. The fourth-order valence-corrected chi connectivity index (χ4v) is 0.644. The molecule has 10 heavy (non-hydrogen) atoms. The van der Waals surface area contributed by atoms with Crippen LogP contribution in [0.1, 0.15) is 0 Å². The Kier molecular flexibility index (Phi) is 1.84. The van der Waals surface area contributed by atoms with Crippen molar-refractivity contribution < 1.29 is 8.78 Å². The van der Waals surface area contributed by atoms with E-state index >= 15 is 0 Å². The molecule has 0 aliphatic heterocycles. The SMILES string of the molecule is Nc1nccn1CC(F)F. The molecule has 0 aromatic carbocycles. The normalized spacial score (nSPS) is 10.7. The van der Waals surface area contributed by atoms with Gasteiger partial charge in [0.15, 0.2) is 5.95 Å². The largest absolute Gasteiger partial charge is 0.369 e. The average molecular weight is 147 g/mol. The van der Waals surface area contributed by atoms with Crippen molar-refractivity contribution >= 4 is 5.95 Å². The number of aromatic nitrogens is 2. The fourth-order valence-electron chi connectivity index (χ4n) is 0.644. The summed E-state index contributed by atoms with van der Waals surface area (Å²) in [6.07, 6.45) is 0.427. The van der Waals surface area contributed by atoms with E-state index in [1.165, 1.54) is 17.0 Å². The van der Waals surface area contributed by atoms with E-state index in [1.807, 2.05) is 0 Å². The van der Waals surface area contributed by atoms with Crippen molar-refractivity contribution in [2.45, 2.75) is 13.0 Å². The molecule has 0 spiro atoms. The first-order valence-electron chi connectivity index (χ1n) is 2.75. The lowest BCUT2D eigenvalue weighted by atomic mass is 10.6. The molecule has 1 aromatic rings. The van der Waals surface area contributed by atoms with Crippen LogP contribution in [-0.2, 0) is 6.54 Å². The van der Waals surface area contributed by atoms with Crippen LogP contribution >= 0.6 is 0 Å². The molecule has 0 fully saturated rings. The third-order valence-corrected chi connectivity index (χ3v) is 1.08. The van der Waals surface area contributed by atoms with E-state index in [0.29, 0.717) is 0 Å². The molecule has 5 heteroatoms. The number of imidazole rings is 1. The number of nitrogens with two attached hydrogens (primary N) is 1. The summed E-state index contributed by atoms with van der Waals surface area (Å²) in [4.78, 5) is 3.58. The van der Waals surface area contributed by atoms with Crippen molar-refractivity contribution in [1.82, 2.24) is 9.55 Å². The molecule has 0 saturated heterocycles. The van der Waals surface area contributed by atoms with Gasteiger partial charge in [-0.2, -0.15) is 0 Å². The topological polar surface area (TPSA) is 43.8 Å². The monoisotopic (exact) mass is 147 g/mol. The van der Waals surface area contributed by atoms with Crippen molar-refractivity contribution in [2.75, 3.05) is 5.73 Å². The Morgan fingerprint density at radius 2 is 2.40 bits per heavy atom. The summed E-state index contributed by atoms with van der Waals surface area (Å²) >= 11 is 0. The average Bonchev–Trinajstić information content (AvgIpc) is 2.15. The minimum atomic E-state index is -2.38. The first-order chi connectivity index (χ1) is 4.70. The maximum Gasteiger partial charge on any atom is 0.256 e. The predicted octanol–water partition coefficient (Wildman–Crippen LogP) is 0.730. The summed E-state index contributed by atoms with van der Waals surface area (Å²) in [5.74, 6) is 0.125. The van der Waals surface area contributed by atoms with Crippen LogP contribution in [0.15, 0.2) is 12.4 Å². The summed E-state index contributed by atoms with van der Waals surface area (Å²) in [5, 5.41) is 0. The van der Waals surface area contributed by atoms with Gasteiger partial charge in [0, 0.05) is 12.4 Å². The molecule has 2 N–H and O–H groups in total. The number of nitrogen functional groups attached to an aromatic ring is 1. The lowest BCUT2D eigenvalue weighted by molar-refractivity contribution is 0.127. The minimum Gasteiger partial charge on any atom is -0.369 e. The fraction of sp³-hybridized carbons (Fsp3) is 0.400. The second-order valence-corrected chi connectivity index (χ2v) is 1.83. The Hall–Kier alpha value is -1.13. The lowest BCUT2D eigenvalue weighted by Crippen LogP contribution is -2.08. The smallest absolute Gasteiger partial charge is 0.256 e. The van der Waals surface area contributed by atoms with Crippen LogP contribution in [0.3, 0.4) is 0 Å². The number of hydrogen-bond donors (Lipinski definition) is 1. The maximum absolute atomic E-state index is 11.7. The van der Waals surface area contributed by atoms with E-state index in [0.717, 1.165) is 0 Å². The molecule has 3 nitrogen and oxygen atoms in total. The molecule has 1 aromatic heterocycles. The van der Waals surface area contributed by atoms with Crippen LogP contribution in [0.5, 0.6) is 0 Å². The van der Waals surface area contributed by atoms with Gasteiger partial charge in [-0.05, 0) is 0 Å². The third-order valence-electron chi connectivity index (χ3n) is 1.08. The van der Waals surface area contributed by atoms with Gasteiger partial charge in [0.25, 0.3) is 6.43 Å². The Morgan fingerprint density at radius 1 is 1.70 bits per heavy atom. The standard InChI is InChI=1S/C5H7F2N3/c6-4(7)3-10-2-1-9-5(10)8/h1-2,4H,3H2,(H2,8,9). The van der Waals surface area contributed by atoms with Crippen LogP contribution in [-0.4, -0.2) is 16.0 Å². The third kappa shape index (κ3) is 1.43. The van der Waals surface area contributed by atoms with E-state index in [9.17, 15) is 8.78 Å². The molecule has 0 unspecified atom stereocenters. The molecule has 56 valence electrons. The second-order valence-electron chi connectivity index (χ2n) is 1.83. The highest BCUT2D eigenvalue weighted by Gasteiger charge is 2.04. The van der Waals surface area contributed by atoms with E-state index in [4.69, 9.17) is 5.73 Å². The lowest BCUT2D eigenvalue weighted by Gasteiger charge is -2.01. The van der Waals surface area contributed by atoms with Crippen molar-refractivity contribution in [3.8, 4) is 0 Å². The molecule has 0 radical (unpaired) electrons. The molecular formula is C5H7F2N3. The zero-order valence-electron chi connectivity index (χ0n) is 5.17. The van der Waals surface area contributed by atoms with Gasteiger partial charge >= 0.3 is 0 Å². The van der Waals surface area contributed by atoms with Crippen LogP contribution in [0.25, 0.3) is 0 Å². The van der Waals surface area contributed by atoms with Gasteiger partial charge in [-0.1, -0.05) is 0 Å². The van der Waals surface area contributed by atoms with Gasteiger partial charge in [0.05, 0.1) is 6.54 Å². The van der Waals surface area contributed by atoms with Crippen molar-refractivity contribution in [3.63, 3.8) is 0 Å².